The van der Waals surface area contributed by atoms with Crippen molar-refractivity contribution in [2.45, 2.75) is 48.6 Å². The second-order valence-corrected chi connectivity index (χ2v) is 5.91. The highest BCUT2D eigenvalue weighted by atomic mass is 32.2. The molecule has 6 atom stereocenters. The molecule has 0 aromatic carbocycles. The SMILES string of the molecule is CN=C1N[C@@H]2[C@H](F)[C@H](O)[C@@H](C(C)(O)C(F)(F)F)O[C@@H]2S1. The van der Waals surface area contributed by atoms with Crippen LogP contribution in [0.25, 0.3) is 0 Å². The van der Waals surface area contributed by atoms with Gasteiger partial charge in [0.25, 0.3) is 0 Å². The van der Waals surface area contributed by atoms with Gasteiger partial charge in [0, 0.05) is 7.05 Å². The number of nitrogens with zero attached hydrogens (tertiary/aromatic N) is 1. The summed E-state index contributed by atoms with van der Waals surface area (Å²) in [7, 11) is 1.43. The van der Waals surface area contributed by atoms with Crippen LogP contribution >= 0.6 is 11.8 Å². The molecular formula is C10H14F4N2O3S. The lowest BCUT2D eigenvalue weighted by molar-refractivity contribution is -0.315. The van der Waals surface area contributed by atoms with Gasteiger partial charge in [0.2, 0.25) is 0 Å². The zero-order chi connectivity index (χ0) is 15.3. The molecule has 0 aromatic heterocycles. The number of aliphatic hydroxyl groups excluding tert-OH is 1. The van der Waals surface area contributed by atoms with Gasteiger partial charge in [-0.3, -0.25) is 4.99 Å². The van der Waals surface area contributed by atoms with Crippen LogP contribution in [0.15, 0.2) is 4.99 Å². The first-order valence-electron chi connectivity index (χ1n) is 5.76. The van der Waals surface area contributed by atoms with Crippen molar-refractivity contribution in [3.05, 3.63) is 0 Å². The minimum Gasteiger partial charge on any atom is -0.387 e. The summed E-state index contributed by atoms with van der Waals surface area (Å²) in [5.41, 5.74) is -4.35. The third-order valence-corrected chi connectivity index (χ3v) is 4.56. The molecule has 3 N–H and O–H groups in total. The maximum absolute atomic E-state index is 14.1. The van der Waals surface area contributed by atoms with Crippen LogP contribution in [0.4, 0.5) is 17.6 Å². The number of amidine groups is 1. The third-order valence-electron chi connectivity index (χ3n) is 3.40. The van der Waals surface area contributed by atoms with E-state index in [0.29, 0.717) is 12.1 Å². The summed E-state index contributed by atoms with van der Waals surface area (Å²) in [5.74, 6) is 0. The van der Waals surface area contributed by atoms with Crippen molar-refractivity contribution in [2.75, 3.05) is 7.05 Å². The first-order chi connectivity index (χ1) is 9.09. The molecule has 10 heteroatoms. The number of rotatable bonds is 1. The molecule has 2 saturated heterocycles. The smallest absolute Gasteiger partial charge is 0.387 e. The van der Waals surface area contributed by atoms with Gasteiger partial charge in [-0.1, -0.05) is 11.8 Å². The summed E-state index contributed by atoms with van der Waals surface area (Å²) in [6, 6.07) is -1.01. The van der Waals surface area contributed by atoms with Crippen molar-refractivity contribution in [1.29, 1.82) is 0 Å². The van der Waals surface area contributed by atoms with Crippen LogP contribution in [0.2, 0.25) is 0 Å². The van der Waals surface area contributed by atoms with Crippen molar-refractivity contribution < 1.29 is 32.5 Å². The quantitative estimate of drug-likeness (QED) is 0.611. The minimum atomic E-state index is -5.05. The number of hydrogen-bond acceptors (Lipinski definition) is 5. The number of aliphatic imine (C=N–C) groups is 1. The summed E-state index contributed by atoms with van der Waals surface area (Å²) in [6.45, 7) is 0.454. The van der Waals surface area contributed by atoms with Gasteiger partial charge in [-0.2, -0.15) is 13.2 Å². The number of alkyl halides is 4. The van der Waals surface area contributed by atoms with E-state index in [0.717, 1.165) is 11.8 Å². The van der Waals surface area contributed by atoms with Gasteiger partial charge in [-0.15, -0.1) is 0 Å². The van der Waals surface area contributed by atoms with Crippen LogP contribution in [0.5, 0.6) is 0 Å². The van der Waals surface area contributed by atoms with E-state index >= 15 is 0 Å². The normalized spacial score (nSPS) is 43.0. The average molecular weight is 318 g/mol. The standard InChI is InChI=1S/C10H14F4N2O3S/c1-9(18,10(12,13)14)6-5(17)3(11)4-7(19-6)20-8(15-2)16-4/h3-7,17-18H,1-2H3,(H,15,16)/t3-,4+,5-,6-,7+,9?/m0/s1. The van der Waals surface area contributed by atoms with E-state index in [1.54, 1.807) is 0 Å². The van der Waals surface area contributed by atoms with Crippen molar-refractivity contribution in [3.8, 4) is 0 Å². The lowest BCUT2D eigenvalue weighted by Crippen LogP contribution is -2.66. The van der Waals surface area contributed by atoms with Crippen LogP contribution < -0.4 is 5.32 Å². The van der Waals surface area contributed by atoms with E-state index in [4.69, 9.17) is 4.74 Å². The van der Waals surface area contributed by atoms with Gasteiger partial charge in [-0.25, -0.2) is 4.39 Å². The highest BCUT2D eigenvalue weighted by Gasteiger charge is 2.63. The first kappa shape index (κ1) is 15.8. The van der Waals surface area contributed by atoms with Gasteiger partial charge < -0.3 is 20.3 Å². The lowest BCUT2D eigenvalue weighted by atomic mass is 9.87. The van der Waals surface area contributed by atoms with Gasteiger partial charge in [0.1, 0.15) is 17.6 Å². The predicted octanol–water partition coefficient (Wildman–Crippen LogP) is 0.414. The first-order valence-corrected chi connectivity index (χ1v) is 6.64. The number of halogens is 4. The molecule has 0 aliphatic carbocycles. The topological polar surface area (TPSA) is 74.1 Å². The summed E-state index contributed by atoms with van der Waals surface area (Å²) < 4.78 is 57.5. The van der Waals surface area contributed by atoms with Crippen molar-refractivity contribution in [2.24, 2.45) is 4.99 Å². The largest absolute Gasteiger partial charge is 0.419 e. The Morgan fingerprint density at radius 2 is 2.00 bits per heavy atom. The van der Waals surface area contributed by atoms with Crippen LogP contribution in [0, 0.1) is 0 Å². The van der Waals surface area contributed by atoms with Gasteiger partial charge in [0.15, 0.2) is 16.9 Å². The summed E-state index contributed by atoms with van der Waals surface area (Å²) >= 11 is 0.918. The zero-order valence-electron chi connectivity index (χ0n) is 10.6. The third kappa shape index (κ3) is 2.38. The molecule has 1 unspecified atom stereocenters. The molecule has 116 valence electrons. The maximum atomic E-state index is 14.1. The van der Waals surface area contributed by atoms with Gasteiger partial charge >= 0.3 is 6.18 Å². The molecule has 0 spiro atoms. The Balaban J connectivity index is 2.26. The van der Waals surface area contributed by atoms with Gasteiger partial charge in [-0.05, 0) is 6.92 Å². The molecule has 0 bridgehead atoms. The Morgan fingerprint density at radius 3 is 2.50 bits per heavy atom. The number of ether oxygens (including phenoxy) is 1. The fourth-order valence-electron chi connectivity index (χ4n) is 2.12. The molecule has 0 radical (unpaired) electrons. The molecule has 0 aromatic rings. The molecule has 2 heterocycles. The Kier molecular flexibility index (Phi) is 3.95. The number of nitrogens with one attached hydrogen (secondary N) is 1. The molecular weight excluding hydrogens is 304 g/mol. The van der Waals surface area contributed by atoms with Gasteiger partial charge in [0.05, 0.1) is 6.04 Å². The Labute approximate surface area is 116 Å². The highest BCUT2D eigenvalue weighted by Crippen LogP contribution is 2.43. The molecule has 5 nitrogen and oxygen atoms in total. The minimum absolute atomic E-state index is 0.308. The van der Waals surface area contributed by atoms with Crippen molar-refractivity contribution in [3.63, 3.8) is 0 Å². The number of thioether (sulfide) groups is 1. The van der Waals surface area contributed by atoms with E-state index in [2.05, 4.69) is 10.3 Å². The highest BCUT2D eigenvalue weighted by molar-refractivity contribution is 8.14. The summed E-state index contributed by atoms with van der Waals surface area (Å²) in [6.07, 6.45) is -11.3. The fraction of sp³-hybridized carbons (Fsp3) is 0.900. The fourth-order valence-corrected chi connectivity index (χ4v) is 3.19. The second-order valence-electron chi connectivity index (χ2n) is 4.82. The molecule has 0 amide bonds. The van der Waals surface area contributed by atoms with Crippen molar-refractivity contribution >= 4 is 16.9 Å². The second kappa shape index (κ2) is 5.00. The van der Waals surface area contributed by atoms with Crippen molar-refractivity contribution in [1.82, 2.24) is 5.32 Å². The lowest BCUT2D eigenvalue weighted by Gasteiger charge is -2.44. The molecule has 0 saturated carbocycles. The molecule has 2 rings (SSSR count). The van der Waals surface area contributed by atoms with E-state index < -0.39 is 41.6 Å². The summed E-state index contributed by atoms with van der Waals surface area (Å²) in [5, 5.41) is 22.2. The molecule has 2 aliphatic heterocycles. The molecule has 20 heavy (non-hydrogen) atoms. The number of hydrogen-bond donors (Lipinski definition) is 3. The Hall–Kier alpha value is -0.580. The van der Waals surface area contributed by atoms with E-state index in [-0.39, 0.29) is 0 Å². The predicted molar refractivity (Wildman–Crippen MR) is 64.1 cm³/mol. The van der Waals surface area contributed by atoms with E-state index in [1.807, 2.05) is 0 Å². The Bertz CT molecular complexity index is 418. The van der Waals surface area contributed by atoms with Crippen LogP contribution in [0.3, 0.4) is 0 Å². The Morgan fingerprint density at radius 1 is 1.40 bits per heavy atom. The number of fused-ring (bicyclic) bond motifs is 1. The average Bonchev–Trinajstić information content (AvgIpc) is 2.75. The van der Waals surface area contributed by atoms with Crippen LogP contribution in [0.1, 0.15) is 6.92 Å². The molecule has 2 aliphatic rings. The summed E-state index contributed by atoms with van der Waals surface area (Å²) in [4.78, 5) is 3.76. The van der Waals surface area contributed by atoms with Crippen LogP contribution in [-0.4, -0.2) is 64.1 Å². The van der Waals surface area contributed by atoms with Crippen LogP contribution in [-0.2, 0) is 4.74 Å². The van der Waals surface area contributed by atoms with E-state index in [9.17, 15) is 27.8 Å². The maximum Gasteiger partial charge on any atom is 0.419 e. The van der Waals surface area contributed by atoms with E-state index in [1.165, 1.54) is 7.05 Å². The zero-order valence-corrected chi connectivity index (χ0v) is 11.4. The number of aliphatic hydroxyl groups is 2. The monoisotopic (exact) mass is 318 g/mol. The molecule has 2 fully saturated rings.